The predicted molar refractivity (Wildman–Crippen MR) is 102 cm³/mol. The molecule has 0 aromatic heterocycles. The van der Waals surface area contributed by atoms with E-state index in [-0.39, 0.29) is 12.1 Å². The van der Waals surface area contributed by atoms with E-state index in [1.807, 2.05) is 19.1 Å². The van der Waals surface area contributed by atoms with Crippen LogP contribution in [0.3, 0.4) is 0 Å². The maximum atomic E-state index is 13.0. The number of carbonyl (C=O) groups excluding carboxylic acids is 2. The summed E-state index contributed by atoms with van der Waals surface area (Å²) in [5.74, 6) is -1.09. The first kappa shape index (κ1) is 19.9. The van der Waals surface area contributed by atoms with Crippen LogP contribution < -0.4 is 10.6 Å². The summed E-state index contributed by atoms with van der Waals surface area (Å²) in [6.45, 7) is 1.94. The molecule has 2 aromatic carbocycles. The van der Waals surface area contributed by atoms with Crippen molar-refractivity contribution in [2.75, 3.05) is 5.32 Å². The SMILES string of the molecule is Cc1ccc(N=C2NC(=O)[C@H](CC(=O)Nc3ccccc3C(F)(F)F)S2)cc1. The van der Waals surface area contributed by atoms with Gasteiger partial charge in [0.15, 0.2) is 5.17 Å². The lowest BCUT2D eigenvalue weighted by molar-refractivity contribution is -0.137. The summed E-state index contributed by atoms with van der Waals surface area (Å²) < 4.78 is 39.0. The maximum Gasteiger partial charge on any atom is 0.418 e. The number of nitrogens with one attached hydrogen (secondary N) is 2. The summed E-state index contributed by atoms with van der Waals surface area (Å²) in [4.78, 5) is 28.6. The smallest absolute Gasteiger partial charge is 0.325 e. The third-order valence-corrected chi connectivity index (χ3v) is 5.00. The van der Waals surface area contributed by atoms with Crippen LogP contribution in [-0.4, -0.2) is 22.2 Å². The van der Waals surface area contributed by atoms with E-state index in [4.69, 9.17) is 0 Å². The molecule has 1 heterocycles. The Labute approximate surface area is 163 Å². The van der Waals surface area contributed by atoms with Gasteiger partial charge in [-0.05, 0) is 31.2 Å². The standard InChI is InChI=1S/C19H16F3N3O2S/c1-11-6-8-12(9-7-11)23-18-25-17(27)15(28-18)10-16(26)24-14-5-3-2-4-13(14)19(20,21)22/h2-9,15H,10H2,1H3,(H,24,26)(H,23,25,27)/t15-/m0/s1. The first-order valence-corrected chi connectivity index (χ1v) is 9.19. The van der Waals surface area contributed by atoms with Gasteiger partial charge in [0, 0.05) is 6.42 Å². The molecule has 2 aromatic rings. The van der Waals surface area contributed by atoms with Crippen molar-refractivity contribution in [3.05, 3.63) is 59.7 Å². The van der Waals surface area contributed by atoms with Crippen LogP contribution in [0.4, 0.5) is 24.5 Å². The Kier molecular flexibility index (Phi) is 5.73. The van der Waals surface area contributed by atoms with Crippen molar-refractivity contribution in [1.82, 2.24) is 5.32 Å². The fraction of sp³-hybridized carbons (Fsp3) is 0.211. The van der Waals surface area contributed by atoms with Crippen LogP contribution in [0.5, 0.6) is 0 Å². The third kappa shape index (κ3) is 4.92. The highest BCUT2D eigenvalue weighted by Gasteiger charge is 2.35. The van der Waals surface area contributed by atoms with Crippen LogP contribution in [-0.2, 0) is 15.8 Å². The van der Waals surface area contributed by atoms with E-state index in [1.54, 1.807) is 12.1 Å². The maximum absolute atomic E-state index is 13.0. The number of alkyl halides is 3. The fourth-order valence-corrected chi connectivity index (χ4v) is 3.53. The van der Waals surface area contributed by atoms with Gasteiger partial charge in [0.1, 0.15) is 5.25 Å². The number of anilines is 1. The molecule has 0 saturated carbocycles. The minimum Gasteiger partial charge on any atom is -0.325 e. The highest BCUT2D eigenvalue weighted by atomic mass is 32.2. The molecule has 1 saturated heterocycles. The second-order valence-corrected chi connectivity index (χ2v) is 7.34. The van der Waals surface area contributed by atoms with Crippen LogP contribution >= 0.6 is 11.8 Å². The van der Waals surface area contributed by atoms with Crippen LogP contribution in [0, 0.1) is 6.92 Å². The molecular weight excluding hydrogens is 391 g/mol. The Morgan fingerprint density at radius 2 is 1.86 bits per heavy atom. The summed E-state index contributed by atoms with van der Waals surface area (Å²) in [5, 5.41) is 4.42. The van der Waals surface area contributed by atoms with Crippen LogP contribution in [0.1, 0.15) is 17.5 Å². The molecule has 1 aliphatic heterocycles. The quantitative estimate of drug-likeness (QED) is 0.796. The number of nitrogens with zero attached hydrogens (tertiary/aromatic N) is 1. The Morgan fingerprint density at radius 1 is 1.18 bits per heavy atom. The normalized spacial score (nSPS) is 18.2. The first-order chi connectivity index (χ1) is 13.2. The number of hydrogen-bond donors (Lipinski definition) is 2. The lowest BCUT2D eigenvalue weighted by Gasteiger charge is -2.14. The summed E-state index contributed by atoms with van der Waals surface area (Å²) in [7, 11) is 0. The monoisotopic (exact) mass is 407 g/mol. The van der Waals surface area contributed by atoms with Gasteiger partial charge >= 0.3 is 6.18 Å². The van der Waals surface area contributed by atoms with Crippen molar-refractivity contribution in [3.8, 4) is 0 Å². The molecule has 3 rings (SSSR count). The van der Waals surface area contributed by atoms with Gasteiger partial charge in [-0.1, -0.05) is 41.6 Å². The summed E-state index contributed by atoms with van der Waals surface area (Å²) in [6.07, 6.45) is -4.85. The largest absolute Gasteiger partial charge is 0.418 e. The predicted octanol–water partition coefficient (Wildman–Crippen LogP) is 4.26. The lowest BCUT2D eigenvalue weighted by atomic mass is 10.1. The van der Waals surface area contributed by atoms with Crippen molar-refractivity contribution in [1.29, 1.82) is 0 Å². The zero-order valence-corrected chi connectivity index (χ0v) is 15.5. The first-order valence-electron chi connectivity index (χ1n) is 8.31. The van der Waals surface area contributed by atoms with Crippen molar-refractivity contribution < 1.29 is 22.8 Å². The lowest BCUT2D eigenvalue weighted by Crippen LogP contribution is -2.28. The van der Waals surface area contributed by atoms with E-state index in [2.05, 4.69) is 15.6 Å². The van der Waals surface area contributed by atoms with E-state index < -0.39 is 28.8 Å². The number of rotatable bonds is 4. The summed E-state index contributed by atoms with van der Waals surface area (Å²) in [6, 6.07) is 12.0. The number of aliphatic imine (C=N–C) groups is 1. The molecule has 1 aliphatic rings. The second-order valence-electron chi connectivity index (χ2n) is 6.14. The number of aryl methyl sites for hydroxylation is 1. The van der Waals surface area contributed by atoms with Gasteiger partial charge in [-0.2, -0.15) is 13.2 Å². The Bertz CT molecular complexity index is 927. The highest BCUT2D eigenvalue weighted by Crippen LogP contribution is 2.35. The highest BCUT2D eigenvalue weighted by molar-refractivity contribution is 8.15. The van der Waals surface area contributed by atoms with Gasteiger partial charge < -0.3 is 10.6 Å². The van der Waals surface area contributed by atoms with Crippen LogP contribution in [0.15, 0.2) is 53.5 Å². The average molecular weight is 407 g/mol. The van der Waals surface area contributed by atoms with E-state index in [0.717, 1.165) is 23.4 Å². The van der Waals surface area contributed by atoms with E-state index in [9.17, 15) is 22.8 Å². The Balaban J connectivity index is 1.65. The van der Waals surface area contributed by atoms with E-state index in [1.165, 1.54) is 18.2 Å². The minimum absolute atomic E-state index is 0.268. The van der Waals surface area contributed by atoms with Gasteiger partial charge in [-0.15, -0.1) is 0 Å². The van der Waals surface area contributed by atoms with Gasteiger partial charge in [-0.3, -0.25) is 9.59 Å². The average Bonchev–Trinajstić information content (AvgIpc) is 2.95. The number of para-hydroxylation sites is 1. The number of thioether (sulfide) groups is 1. The molecule has 0 aliphatic carbocycles. The molecule has 1 fully saturated rings. The number of carbonyl (C=O) groups is 2. The molecule has 0 spiro atoms. The zero-order valence-electron chi connectivity index (χ0n) is 14.7. The van der Waals surface area contributed by atoms with Crippen molar-refractivity contribution in [2.45, 2.75) is 24.8 Å². The number of hydrogen-bond acceptors (Lipinski definition) is 4. The molecule has 0 bridgehead atoms. The molecular formula is C19H16F3N3O2S. The topological polar surface area (TPSA) is 70.6 Å². The van der Waals surface area contributed by atoms with Crippen molar-refractivity contribution in [2.24, 2.45) is 4.99 Å². The van der Waals surface area contributed by atoms with Gasteiger partial charge in [0.2, 0.25) is 11.8 Å². The van der Waals surface area contributed by atoms with Crippen molar-refractivity contribution >= 4 is 40.1 Å². The molecule has 5 nitrogen and oxygen atoms in total. The molecule has 2 amide bonds. The molecule has 28 heavy (non-hydrogen) atoms. The summed E-state index contributed by atoms with van der Waals surface area (Å²) in [5.41, 5.74) is 0.448. The van der Waals surface area contributed by atoms with Gasteiger partial charge in [-0.25, -0.2) is 4.99 Å². The molecule has 0 unspecified atom stereocenters. The van der Waals surface area contributed by atoms with Gasteiger partial charge in [0.25, 0.3) is 0 Å². The number of amidine groups is 1. The Hall–Kier alpha value is -2.81. The second kappa shape index (κ2) is 8.05. The van der Waals surface area contributed by atoms with Crippen LogP contribution in [0.2, 0.25) is 0 Å². The zero-order chi connectivity index (χ0) is 20.3. The molecule has 1 atom stereocenters. The van der Waals surface area contributed by atoms with Gasteiger partial charge in [0.05, 0.1) is 16.9 Å². The molecule has 146 valence electrons. The number of amides is 2. The van der Waals surface area contributed by atoms with E-state index >= 15 is 0 Å². The minimum atomic E-state index is -4.59. The summed E-state index contributed by atoms with van der Waals surface area (Å²) >= 11 is 1.07. The van der Waals surface area contributed by atoms with Crippen molar-refractivity contribution in [3.63, 3.8) is 0 Å². The molecule has 9 heteroatoms. The van der Waals surface area contributed by atoms with E-state index in [0.29, 0.717) is 10.9 Å². The Morgan fingerprint density at radius 3 is 2.54 bits per heavy atom. The van der Waals surface area contributed by atoms with Crippen LogP contribution in [0.25, 0.3) is 0 Å². The number of benzene rings is 2. The fourth-order valence-electron chi connectivity index (χ4n) is 2.54. The third-order valence-electron chi connectivity index (χ3n) is 3.92. The molecule has 2 N–H and O–H groups in total. The molecule has 0 radical (unpaired) electrons. The number of halogens is 3.